The number of nitrogens with zero attached hydrogens (tertiary/aromatic N) is 1. The zero-order chi connectivity index (χ0) is 35.2. The van der Waals surface area contributed by atoms with E-state index in [4.69, 9.17) is 0 Å². The van der Waals surface area contributed by atoms with Crippen molar-refractivity contribution >= 4 is 16.8 Å². The number of allylic oxidation sites excluding steroid dienone is 4. The highest BCUT2D eigenvalue weighted by Crippen LogP contribution is 2.76. The van der Waals surface area contributed by atoms with Gasteiger partial charge in [-0.1, -0.05) is 53.2 Å². The molecule has 7 rings (SSSR count). The first-order chi connectivity index (χ1) is 22.9. The maximum Gasteiger partial charge on any atom is 0.405 e. The molecule has 2 N–H and O–H groups in total. The smallest absolute Gasteiger partial charge is 0.405 e. The minimum atomic E-state index is -4.32. The van der Waals surface area contributed by atoms with Crippen LogP contribution in [0.15, 0.2) is 23.3 Å². The molecule has 9 heteroatoms. The van der Waals surface area contributed by atoms with Crippen LogP contribution in [-0.2, 0) is 15.6 Å². The van der Waals surface area contributed by atoms with E-state index in [1.165, 1.54) is 24.0 Å². The lowest BCUT2D eigenvalue weighted by atomic mass is 9.33. The van der Waals surface area contributed by atoms with Crippen LogP contribution in [-0.4, -0.2) is 69.1 Å². The second-order valence-electron chi connectivity index (χ2n) is 18.8. The Labute approximate surface area is 295 Å². The SMILES string of the molecule is CC1(C)C(C2=CCC(C(=O)O)CC2)=CCC2(C)C1CCC1(C)C2CCC2C3CCCC3(NC(CN3CCS(=O)CC3)C(F)(F)F)CC[C@]21C. The Morgan fingerprint density at radius 1 is 0.939 bits per heavy atom. The van der Waals surface area contributed by atoms with Gasteiger partial charge in [0.1, 0.15) is 6.04 Å². The summed E-state index contributed by atoms with van der Waals surface area (Å²) in [6.45, 7) is 13.5. The van der Waals surface area contributed by atoms with Gasteiger partial charge in [0.05, 0.1) is 5.92 Å². The number of carboxylic acid groups (broad SMARTS) is 1. The number of hydrogen-bond acceptors (Lipinski definition) is 4. The number of nitrogens with one attached hydrogen (secondary N) is 1. The predicted molar refractivity (Wildman–Crippen MR) is 189 cm³/mol. The molecule has 5 nitrogen and oxygen atoms in total. The summed E-state index contributed by atoms with van der Waals surface area (Å²) >= 11 is 0. The average Bonchev–Trinajstić information content (AvgIpc) is 3.45. The van der Waals surface area contributed by atoms with E-state index in [-0.39, 0.29) is 40.0 Å². The number of alkyl halides is 3. The third-order valence-electron chi connectivity index (χ3n) is 16.6. The molecular weight excluding hydrogens is 646 g/mol. The summed E-state index contributed by atoms with van der Waals surface area (Å²) in [6.07, 6.45) is 13.0. The van der Waals surface area contributed by atoms with Gasteiger partial charge in [-0.3, -0.25) is 19.2 Å². The molecule has 7 aliphatic rings. The summed E-state index contributed by atoms with van der Waals surface area (Å²) in [7, 11) is -0.909. The van der Waals surface area contributed by atoms with Crippen molar-refractivity contribution in [2.45, 2.75) is 136 Å². The molecule has 5 fully saturated rings. The van der Waals surface area contributed by atoms with Gasteiger partial charge in [-0.05, 0) is 134 Å². The molecule has 0 amide bonds. The molecule has 4 saturated carbocycles. The molecule has 1 heterocycles. The van der Waals surface area contributed by atoms with E-state index in [1.807, 2.05) is 4.90 Å². The van der Waals surface area contributed by atoms with Gasteiger partial charge in [-0.25, -0.2) is 0 Å². The Hall–Kier alpha value is -1.19. The minimum absolute atomic E-state index is 0.0150. The fourth-order valence-electron chi connectivity index (χ4n) is 14.0. The molecule has 0 radical (unpaired) electrons. The Kier molecular flexibility index (Phi) is 9.20. The number of aliphatic carboxylic acids is 1. The largest absolute Gasteiger partial charge is 0.481 e. The van der Waals surface area contributed by atoms with Crippen molar-refractivity contribution in [2.24, 2.45) is 51.2 Å². The number of carboxylic acids is 1. The molecule has 9 unspecified atom stereocenters. The lowest BCUT2D eigenvalue weighted by Crippen LogP contribution is -2.69. The maximum atomic E-state index is 14.7. The monoisotopic (exact) mass is 706 g/mol. The third-order valence-corrected chi connectivity index (χ3v) is 17.9. The van der Waals surface area contributed by atoms with E-state index < -0.39 is 34.5 Å². The van der Waals surface area contributed by atoms with Crippen LogP contribution in [0.3, 0.4) is 0 Å². The molecule has 0 aromatic carbocycles. The van der Waals surface area contributed by atoms with Gasteiger partial charge in [0.25, 0.3) is 0 Å². The minimum Gasteiger partial charge on any atom is -0.481 e. The highest BCUT2D eigenvalue weighted by Gasteiger charge is 2.70. The van der Waals surface area contributed by atoms with E-state index in [9.17, 15) is 27.3 Å². The second kappa shape index (κ2) is 12.5. The summed E-state index contributed by atoms with van der Waals surface area (Å²) in [6, 6.07) is -1.55. The first kappa shape index (κ1) is 36.2. The normalized spacial score (nSPS) is 44.9. The standard InChI is InChI=1S/C40H61F3N2O3S/c1-35(2)28(26-8-10-27(11-9-26)34(46)47)14-17-36(3)31(35)15-18-38(5)32(36)13-12-29-30-7-6-16-39(30,20-19-37(29,38)4)44-33(40(41,42)43)25-45-21-23-49(48)24-22-45/h8,14,27,29-33,44H,6-7,9-13,15-25H2,1-5H3,(H,46,47)/t27?,29?,30?,31?,32?,33?,36?,37-,38?,39?/m1/s1. The van der Waals surface area contributed by atoms with Crippen LogP contribution in [0.4, 0.5) is 13.2 Å². The number of fused-ring (bicyclic) bond motifs is 7. The van der Waals surface area contributed by atoms with Gasteiger partial charge < -0.3 is 5.11 Å². The van der Waals surface area contributed by atoms with E-state index >= 15 is 0 Å². The van der Waals surface area contributed by atoms with Crippen molar-refractivity contribution in [3.05, 3.63) is 23.3 Å². The van der Waals surface area contributed by atoms with Crippen LogP contribution in [0.5, 0.6) is 0 Å². The van der Waals surface area contributed by atoms with Crippen molar-refractivity contribution in [1.29, 1.82) is 0 Å². The van der Waals surface area contributed by atoms with Gasteiger partial charge in [-0.15, -0.1) is 0 Å². The summed E-state index contributed by atoms with van der Waals surface area (Å²) < 4.78 is 56.1. The van der Waals surface area contributed by atoms with Crippen molar-refractivity contribution in [1.82, 2.24) is 10.2 Å². The molecular formula is C40H61F3N2O3S. The van der Waals surface area contributed by atoms with Crippen LogP contribution < -0.4 is 5.32 Å². The van der Waals surface area contributed by atoms with E-state index in [2.05, 4.69) is 52.1 Å². The van der Waals surface area contributed by atoms with E-state index in [1.54, 1.807) is 0 Å². The Morgan fingerprint density at radius 2 is 1.67 bits per heavy atom. The fraction of sp³-hybridized carbons (Fsp3) is 0.875. The van der Waals surface area contributed by atoms with Crippen molar-refractivity contribution < 1.29 is 27.3 Å². The number of halogens is 3. The van der Waals surface area contributed by atoms with Gasteiger partial charge in [-0.2, -0.15) is 13.2 Å². The van der Waals surface area contributed by atoms with Crippen LogP contribution >= 0.6 is 0 Å². The van der Waals surface area contributed by atoms with E-state index in [0.717, 1.165) is 64.2 Å². The molecule has 1 aliphatic heterocycles. The quantitative estimate of drug-likeness (QED) is 0.290. The van der Waals surface area contributed by atoms with Gasteiger partial charge in [0.2, 0.25) is 0 Å². The lowest BCUT2D eigenvalue weighted by Gasteiger charge is -2.72. The molecule has 0 aromatic heterocycles. The van der Waals surface area contributed by atoms with E-state index in [0.29, 0.717) is 48.8 Å². The Morgan fingerprint density at radius 3 is 2.33 bits per heavy atom. The van der Waals surface area contributed by atoms with Crippen LogP contribution in [0.2, 0.25) is 0 Å². The summed E-state index contributed by atoms with van der Waals surface area (Å²) in [5.41, 5.74) is 2.79. The molecule has 0 spiro atoms. The fourth-order valence-corrected chi connectivity index (χ4v) is 15.1. The molecule has 0 bridgehead atoms. The molecule has 10 atom stereocenters. The highest BCUT2D eigenvalue weighted by molar-refractivity contribution is 7.85. The van der Waals surface area contributed by atoms with Gasteiger partial charge in [0, 0.05) is 47.5 Å². The Bertz CT molecular complexity index is 1400. The summed E-state index contributed by atoms with van der Waals surface area (Å²) in [4.78, 5) is 13.5. The van der Waals surface area contributed by atoms with Gasteiger partial charge >= 0.3 is 12.1 Å². The zero-order valence-corrected chi connectivity index (χ0v) is 31.4. The van der Waals surface area contributed by atoms with Crippen molar-refractivity contribution in [3.8, 4) is 0 Å². The molecule has 276 valence electrons. The summed E-state index contributed by atoms with van der Waals surface area (Å²) in [5, 5.41) is 12.9. The molecule has 0 aromatic rings. The van der Waals surface area contributed by atoms with Gasteiger partial charge in [0.15, 0.2) is 0 Å². The average molecular weight is 707 g/mol. The third kappa shape index (κ3) is 5.75. The molecule has 1 saturated heterocycles. The molecule has 6 aliphatic carbocycles. The van der Waals surface area contributed by atoms with Crippen molar-refractivity contribution in [3.63, 3.8) is 0 Å². The Balaban J connectivity index is 1.13. The number of hydrogen-bond donors (Lipinski definition) is 2. The highest BCUT2D eigenvalue weighted by atomic mass is 32.2. The maximum absolute atomic E-state index is 14.7. The second-order valence-corrected chi connectivity index (χ2v) is 20.5. The number of carbonyl (C=O) groups is 1. The summed E-state index contributed by atoms with van der Waals surface area (Å²) in [5.74, 6) is 1.82. The van der Waals surface area contributed by atoms with Crippen molar-refractivity contribution in [2.75, 3.05) is 31.1 Å². The van der Waals surface area contributed by atoms with Crippen LogP contribution in [0.1, 0.15) is 118 Å². The van der Waals surface area contributed by atoms with Crippen LogP contribution in [0.25, 0.3) is 0 Å². The molecule has 49 heavy (non-hydrogen) atoms. The predicted octanol–water partition coefficient (Wildman–Crippen LogP) is 8.53. The first-order valence-corrected chi connectivity index (χ1v) is 21.0. The zero-order valence-electron chi connectivity index (χ0n) is 30.6. The number of rotatable bonds is 6. The lowest BCUT2D eigenvalue weighted by molar-refractivity contribution is -0.223. The first-order valence-electron chi connectivity index (χ1n) is 19.5. The topological polar surface area (TPSA) is 69.6 Å². The van der Waals surface area contributed by atoms with Crippen LogP contribution in [0, 0.1) is 51.2 Å².